The zero-order chi connectivity index (χ0) is 7.28. The van der Waals surface area contributed by atoms with Crippen LogP contribution in [0, 0.1) is 0 Å². The summed E-state index contributed by atoms with van der Waals surface area (Å²) < 4.78 is 1.91. The fourth-order valence-corrected chi connectivity index (χ4v) is 1.16. The highest BCUT2D eigenvalue weighted by atomic mass is 79.9. The highest BCUT2D eigenvalue weighted by Crippen LogP contribution is 2.21. The third-order valence-electron chi connectivity index (χ3n) is 0.903. The van der Waals surface area contributed by atoms with Gasteiger partial charge >= 0.3 is 0 Å². The van der Waals surface area contributed by atoms with Crippen LogP contribution in [0.2, 0.25) is 0 Å². The van der Waals surface area contributed by atoms with Crippen molar-refractivity contribution in [3.8, 4) is 0 Å². The topological polar surface area (TPSA) is 20.2 Å². The van der Waals surface area contributed by atoms with Gasteiger partial charge in [-0.3, -0.25) is 0 Å². The molecule has 0 aromatic rings. The quantitative estimate of drug-likeness (QED) is 0.825. The third kappa shape index (κ3) is 4.12. The lowest BCUT2D eigenvalue weighted by atomic mass is 10.3. The highest BCUT2D eigenvalue weighted by molar-refractivity contribution is 9.14. The van der Waals surface area contributed by atoms with Crippen LogP contribution in [0.1, 0.15) is 19.8 Å². The first-order valence-electron chi connectivity index (χ1n) is 2.86. The Labute approximate surface area is 72.4 Å². The largest absolute Gasteiger partial charge is 0.391 e. The van der Waals surface area contributed by atoms with E-state index >= 15 is 0 Å². The van der Waals surface area contributed by atoms with Crippen LogP contribution in [0.5, 0.6) is 0 Å². The second-order valence-electron chi connectivity index (χ2n) is 1.72. The molecule has 0 amide bonds. The lowest BCUT2D eigenvalue weighted by molar-refractivity contribution is 0.339. The third-order valence-corrected chi connectivity index (χ3v) is 3.04. The Balaban J connectivity index is 3.78. The summed E-state index contributed by atoms with van der Waals surface area (Å²) in [6.45, 7) is 2.18. The Kier molecular flexibility index (Phi) is 5.84. The van der Waals surface area contributed by atoms with Crippen LogP contribution in [0.25, 0.3) is 0 Å². The van der Waals surface area contributed by atoms with Gasteiger partial charge in [-0.05, 0) is 6.42 Å². The maximum absolute atomic E-state index is 8.60. The molecule has 0 radical (unpaired) electrons. The monoisotopic (exact) mass is 256 g/mol. The molecule has 9 heavy (non-hydrogen) atoms. The van der Waals surface area contributed by atoms with Gasteiger partial charge in [-0.1, -0.05) is 45.2 Å². The van der Waals surface area contributed by atoms with E-state index in [4.69, 9.17) is 5.11 Å². The Morgan fingerprint density at radius 1 is 1.33 bits per heavy atom. The van der Waals surface area contributed by atoms with E-state index in [0.717, 1.165) is 21.8 Å². The SMILES string of the molecule is CCC/C(Br)=C(/Br)CO. The summed E-state index contributed by atoms with van der Waals surface area (Å²) >= 11 is 6.56. The minimum Gasteiger partial charge on any atom is -0.391 e. The molecule has 0 aromatic heterocycles. The van der Waals surface area contributed by atoms with E-state index in [1.807, 2.05) is 0 Å². The summed E-state index contributed by atoms with van der Waals surface area (Å²) in [6.07, 6.45) is 2.08. The first kappa shape index (κ1) is 9.66. The van der Waals surface area contributed by atoms with Gasteiger partial charge in [0.05, 0.1) is 6.61 Å². The second kappa shape index (κ2) is 5.45. The summed E-state index contributed by atoms with van der Waals surface area (Å²) in [7, 11) is 0. The Hall–Kier alpha value is 0.660. The van der Waals surface area contributed by atoms with E-state index < -0.39 is 0 Å². The zero-order valence-corrected chi connectivity index (χ0v) is 8.50. The van der Waals surface area contributed by atoms with Crippen LogP contribution in [-0.2, 0) is 0 Å². The lowest BCUT2D eigenvalue weighted by Gasteiger charge is -1.97. The summed E-state index contributed by atoms with van der Waals surface area (Å²) in [4.78, 5) is 0. The fraction of sp³-hybridized carbons (Fsp3) is 0.667. The van der Waals surface area contributed by atoms with Gasteiger partial charge in [0.2, 0.25) is 0 Å². The highest BCUT2D eigenvalue weighted by Gasteiger charge is 1.96. The standard InChI is InChI=1S/C6H10Br2O/c1-2-3-5(7)6(8)4-9/h9H,2-4H2,1H3/b6-5-. The van der Waals surface area contributed by atoms with Gasteiger partial charge in [0.25, 0.3) is 0 Å². The van der Waals surface area contributed by atoms with E-state index in [9.17, 15) is 0 Å². The van der Waals surface area contributed by atoms with Crippen molar-refractivity contribution in [2.75, 3.05) is 6.61 Å². The average Bonchev–Trinajstić information content (AvgIpc) is 1.87. The van der Waals surface area contributed by atoms with Gasteiger partial charge in [-0.2, -0.15) is 0 Å². The zero-order valence-electron chi connectivity index (χ0n) is 5.32. The molecule has 54 valence electrons. The maximum atomic E-state index is 8.60. The van der Waals surface area contributed by atoms with Crippen molar-refractivity contribution in [2.45, 2.75) is 19.8 Å². The molecular formula is C6H10Br2O. The fourth-order valence-electron chi connectivity index (χ4n) is 0.441. The van der Waals surface area contributed by atoms with Crippen molar-refractivity contribution >= 4 is 31.9 Å². The number of allylic oxidation sites excluding steroid dienone is 1. The molecule has 0 spiro atoms. The summed E-state index contributed by atoms with van der Waals surface area (Å²) in [6, 6.07) is 0. The molecule has 0 aliphatic rings. The van der Waals surface area contributed by atoms with Gasteiger partial charge in [0.15, 0.2) is 0 Å². The van der Waals surface area contributed by atoms with E-state index in [-0.39, 0.29) is 6.61 Å². The molecule has 0 saturated carbocycles. The summed E-state index contributed by atoms with van der Waals surface area (Å²) in [5.74, 6) is 0. The van der Waals surface area contributed by atoms with Crippen LogP contribution in [-0.4, -0.2) is 11.7 Å². The molecule has 0 aliphatic heterocycles. The first-order chi connectivity index (χ1) is 4.22. The van der Waals surface area contributed by atoms with Crippen molar-refractivity contribution in [1.29, 1.82) is 0 Å². The number of hydrogen-bond donors (Lipinski definition) is 1. The van der Waals surface area contributed by atoms with Crippen molar-refractivity contribution in [3.63, 3.8) is 0 Å². The van der Waals surface area contributed by atoms with E-state index in [0.29, 0.717) is 0 Å². The molecular weight excluding hydrogens is 248 g/mol. The van der Waals surface area contributed by atoms with E-state index in [1.54, 1.807) is 0 Å². The summed E-state index contributed by atoms with van der Waals surface area (Å²) in [5.41, 5.74) is 0. The van der Waals surface area contributed by atoms with Gasteiger partial charge in [0.1, 0.15) is 0 Å². The molecule has 0 atom stereocenters. The van der Waals surface area contributed by atoms with Gasteiger partial charge in [-0.15, -0.1) is 0 Å². The molecule has 1 nitrogen and oxygen atoms in total. The first-order valence-corrected chi connectivity index (χ1v) is 4.44. The van der Waals surface area contributed by atoms with Crippen LogP contribution in [0.15, 0.2) is 8.96 Å². The average molecular weight is 258 g/mol. The Morgan fingerprint density at radius 3 is 2.22 bits per heavy atom. The van der Waals surface area contributed by atoms with Gasteiger partial charge in [-0.25, -0.2) is 0 Å². The second-order valence-corrected chi connectivity index (χ2v) is 3.63. The van der Waals surface area contributed by atoms with E-state index in [1.165, 1.54) is 0 Å². The van der Waals surface area contributed by atoms with Crippen molar-refractivity contribution in [2.24, 2.45) is 0 Å². The van der Waals surface area contributed by atoms with Crippen LogP contribution < -0.4 is 0 Å². The molecule has 0 aromatic carbocycles. The van der Waals surface area contributed by atoms with Gasteiger partial charge in [0, 0.05) is 8.96 Å². The van der Waals surface area contributed by atoms with E-state index in [2.05, 4.69) is 38.8 Å². The molecule has 0 aliphatic carbocycles. The number of hydrogen-bond acceptors (Lipinski definition) is 1. The minimum atomic E-state index is 0.0839. The number of halogens is 2. The molecule has 1 N–H and O–H groups in total. The summed E-state index contributed by atoms with van der Waals surface area (Å²) in [5, 5.41) is 8.60. The van der Waals surface area contributed by atoms with Crippen LogP contribution >= 0.6 is 31.9 Å². The predicted molar refractivity (Wildman–Crippen MR) is 46.9 cm³/mol. The molecule has 0 unspecified atom stereocenters. The Morgan fingerprint density at radius 2 is 1.89 bits per heavy atom. The van der Waals surface area contributed by atoms with Gasteiger partial charge < -0.3 is 5.11 Å². The minimum absolute atomic E-state index is 0.0839. The number of aliphatic hydroxyl groups excluding tert-OH is 1. The van der Waals surface area contributed by atoms with Crippen LogP contribution in [0.4, 0.5) is 0 Å². The van der Waals surface area contributed by atoms with Crippen molar-refractivity contribution in [1.82, 2.24) is 0 Å². The molecule has 0 saturated heterocycles. The smallest absolute Gasteiger partial charge is 0.0754 e. The number of aliphatic hydroxyl groups is 1. The lowest BCUT2D eigenvalue weighted by Crippen LogP contribution is -1.83. The Bertz CT molecular complexity index is 110. The predicted octanol–water partition coefficient (Wildman–Crippen LogP) is 2.78. The van der Waals surface area contributed by atoms with Crippen molar-refractivity contribution < 1.29 is 5.11 Å². The number of rotatable bonds is 3. The van der Waals surface area contributed by atoms with Crippen molar-refractivity contribution in [3.05, 3.63) is 8.96 Å². The molecule has 0 rings (SSSR count). The molecule has 3 heteroatoms. The molecule has 0 heterocycles. The molecule has 0 fully saturated rings. The normalized spacial score (nSPS) is 13.3. The maximum Gasteiger partial charge on any atom is 0.0754 e. The molecule has 0 bridgehead atoms. The van der Waals surface area contributed by atoms with Crippen LogP contribution in [0.3, 0.4) is 0 Å².